The lowest BCUT2D eigenvalue weighted by Crippen LogP contribution is -2.46. The van der Waals surface area contributed by atoms with Crippen molar-refractivity contribution in [3.63, 3.8) is 0 Å². The summed E-state index contributed by atoms with van der Waals surface area (Å²) in [6, 6.07) is 2.58. The SMILES string of the molecule is Nc1ncnc2c1nc(Br)n2[C@@H]1O[C@H](COP(=O)(O)OP(=O)(O)OC[C@@H]2O[C@H]([n+]3cccc(C(=O)O)c3)[C@@H](O)[C@H]2O)[C@@H](O)[C@H]1OP(=O)(O)O. The van der Waals surface area contributed by atoms with E-state index in [0.29, 0.717) is 0 Å². The molecule has 0 bridgehead atoms. The van der Waals surface area contributed by atoms with E-state index in [0.717, 1.165) is 21.7 Å². The molecule has 2 saturated heterocycles. The van der Waals surface area contributed by atoms with E-state index in [1.54, 1.807) is 0 Å². The molecule has 5 heterocycles. The van der Waals surface area contributed by atoms with Crippen molar-refractivity contribution < 1.29 is 90.4 Å². The molecule has 0 radical (unpaired) electrons. The first-order chi connectivity index (χ1) is 22.8. The molecule has 10 atom stereocenters. The van der Waals surface area contributed by atoms with Crippen LogP contribution in [0.1, 0.15) is 22.8 Å². The quantitative estimate of drug-likeness (QED) is 0.0536. The number of phosphoric ester groups is 3. The summed E-state index contributed by atoms with van der Waals surface area (Å²) in [5, 5.41) is 40.7. The maximum Gasteiger partial charge on any atom is 0.481 e. The second-order valence-electron chi connectivity index (χ2n) is 10.3. The van der Waals surface area contributed by atoms with Crippen LogP contribution in [0.4, 0.5) is 5.82 Å². The van der Waals surface area contributed by atoms with Gasteiger partial charge in [0.15, 0.2) is 46.4 Å². The number of imidazole rings is 1. The molecular formula is C21H27BrN6O18P3+. The number of nitrogen functional groups attached to an aromatic ring is 1. The molecule has 24 nitrogen and oxygen atoms in total. The monoisotopic (exact) mass is 823 g/mol. The lowest BCUT2D eigenvalue weighted by atomic mass is 10.1. The van der Waals surface area contributed by atoms with E-state index in [1.165, 1.54) is 18.3 Å². The standard InChI is InChI=1S/C21H26BrN6O18P3/c22-21-26-11-16(23)24-7-25-17(11)28(21)19-15(45-47(34,35)36)13(30)10(44-19)6-42-49(39,40)46-48(37,38)41-5-9-12(29)14(31)18(43-9)27-3-1-2-8(4-27)20(32)33/h1-4,7,9-10,12-15,18-19,29-31H,5-6H2,(H6-,23,24,25,32,33,34,35,36,37,38,39,40)/p+1/t9-,10+,12-,13+,14-,15+,18-,19+/m0/s1. The number of hydrogen-bond acceptors (Lipinski definition) is 17. The summed E-state index contributed by atoms with van der Waals surface area (Å²) in [5.41, 5.74) is 5.61. The number of aliphatic hydroxyl groups is 3. The van der Waals surface area contributed by atoms with Gasteiger partial charge in [-0.15, -0.1) is 0 Å². The van der Waals surface area contributed by atoms with Crippen LogP contribution in [0, 0.1) is 0 Å². The highest BCUT2D eigenvalue weighted by molar-refractivity contribution is 9.10. The van der Waals surface area contributed by atoms with Crippen LogP contribution < -0.4 is 10.3 Å². The van der Waals surface area contributed by atoms with Crippen molar-refractivity contribution in [2.75, 3.05) is 18.9 Å². The number of ether oxygens (including phenoxy) is 2. The predicted octanol–water partition coefficient (Wildman–Crippen LogP) is -1.54. The van der Waals surface area contributed by atoms with Crippen molar-refractivity contribution in [1.29, 1.82) is 0 Å². The number of fused-ring (bicyclic) bond motifs is 1. The highest BCUT2D eigenvalue weighted by Gasteiger charge is 2.52. The summed E-state index contributed by atoms with van der Waals surface area (Å²) in [4.78, 5) is 62.2. The van der Waals surface area contributed by atoms with Gasteiger partial charge in [0, 0.05) is 6.07 Å². The van der Waals surface area contributed by atoms with Crippen molar-refractivity contribution in [3.05, 3.63) is 41.2 Å². The molecule has 0 aliphatic carbocycles. The summed E-state index contributed by atoms with van der Waals surface area (Å²) in [6.45, 7) is -2.09. The number of phosphoric acid groups is 3. The Morgan fingerprint density at radius 2 is 1.63 bits per heavy atom. The third-order valence-electron chi connectivity index (χ3n) is 7.00. The molecule has 3 aromatic rings. The first-order valence-corrected chi connectivity index (χ1v) is 18.7. The summed E-state index contributed by atoms with van der Waals surface area (Å²) >= 11 is 3.12. The van der Waals surface area contributed by atoms with Crippen LogP contribution >= 0.6 is 39.4 Å². The van der Waals surface area contributed by atoms with E-state index >= 15 is 0 Å². The Balaban J connectivity index is 1.23. The Labute approximate surface area is 281 Å². The fourth-order valence-corrected chi connectivity index (χ4v) is 8.05. The summed E-state index contributed by atoms with van der Waals surface area (Å²) < 4.78 is 68.4. The molecule has 0 spiro atoms. The van der Waals surface area contributed by atoms with Crippen LogP contribution in [0.5, 0.6) is 0 Å². The van der Waals surface area contributed by atoms with E-state index in [-0.39, 0.29) is 27.3 Å². The highest BCUT2D eigenvalue weighted by atomic mass is 79.9. The van der Waals surface area contributed by atoms with Gasteiger partial charge in [0.05, 0.1) is 13.2 Å². The maximum absolute atomic E-state index is 12.6. The van der Waals surface area contributed by atoms with Gasteiger partial charge in [0.25, 0.3) is 6.23 Å². The molecule has 270 valence electrons. The van der Waals surface area contributed by atoms with E-state index in [2.05, 4.69) is 39.7 Å². The number of aromatic nitrogens is 5. The van der Waals surface area contributed by atoms with Crippen LogP contribution in [-0.4, -0.2) is 115 Å². The number of hydrogen-bond donors (Lipinski definition) is 9. The zero-order chi connectivity index (χ0) is 36.1. The smallest absolute Gasteiger partial charge is 0.477 e. The highest BCUT2D eigenvalue weighted by Crippen LogP contribution is 2.61. The van der Waals surface area contributed by atoms with Gasteiger partial charge in [0.1, 0.15) is 42.4 Å². The number of rotatable bonds is 13. The first kappa shape index (κ1) is 37.9. The first-order valence-electron chi connectivity index (χ1n) is 13.4. The normalized spacial score (nSPS) is 30.0. The van der Waals surface area contributed by atoms with Crippen molar-refractivity contribution in [2.45, 2.75) is 49.1 Å². The zero-order valence-corrected chi connectivity index (χ0v) is 28.4. The minimum absolute atomic E-state index is 0.0285. The number of nitrogens with zero attached hydrogens (tertiary/aromatic N) is 5. The molecule has 2 unspecified atom stereocenters. The van der Waals surface area contributed by atoms with Gasteiger partial charge in [-0.1, -0.05) is 0 Å². The van der Waals surface area contributed by atoms with Crippen LogP contribution in [0.3, 0.4) is 0 Å². The lowest BCUT2D eigenvalue weighted by Gasteiger charge is -2.22. The molecule has 28 heteroatoms. The fraction of sp³-hybridized carbons (Fsp3) is 0.476. The number of aromatic carboxylic acids is 1. The van der Waals surface area contributed by atoms with Crippen molar-refractivity contribution in [2.24, 2.45) is 0 Å². The third-order valence-corrected chi connectivity index (χ3v) is 10.7. The Kier molecular flexibility index (Phi) is 11.1. The number of anilines is 1. The van der Waals surface area contributed by atoms with Crippen LogP contribution in [0.25, 0.3) is 11.2 Å². The number of pyridine rings is 1. The average Bonchev–Trinajstić information content (AvgIpc) is 3.60. The molecule has 2 aliphatic heterocycles. The van der Waals surface area contributed by atoms with Gasteiger partial charge >= 0.3 is 29.4 Å². The van der Waals surface area contributed by atoms with Gasteiger partial charge in [-0.2, -0.15) is 8.88 Å². The third kappa shape index (κ3) is 8.57. The minimum atomic E-state index is -5.55. The van der Waals surface area contributed by atoms with Crippen LogP contribution in [0.2, 0.25) is 0 Å². The molecule has 2 fully saturated rings. The van der Waals surface area contributed by atoms with E-state index in [4.69, 9.17) is 24.3 Å². The van der Waals surface area contributed by atoms with E-state index in [9.17, 15) is 58.5 Å². The van der Waals surface area contributed by atoms with Gasteiger partial charge in [-0.25, -0.2) is 33.4 Å². The van der Waals surface area contributed by atoms with Gasteiger partial charge in [-0.3, -0.25) is 18.1 Å². The van der Waals surface area contributed by atoms with E-state index < -0.39 is 91.7 Å². The maximum atomic E-state index is 12.6. The van der Waals surface area contributed by atoms with Gasteiger partial charge in [0.2, 0.25) is 0 Å². The Morgan fingerprint density at radius 1 is 1.00 bits per heavy atom. The predicted molar refractivity (Wildman–Crippen MR) is 156 cm³/mol. The molecule has 3 aromatic heterocycles. The number of carbonyl (C=O) groups is 1. The minimum Gasteiger partial charge on any atom is -0.477 e. The van der Waals surface area contributed by atoms with Crippen molar-refractivity contribution in [3.8, 4) is 0 Å². The average molecular weight is 824 g/mol. The fourth-order valence-electron chi connectivity index (χ4n) is 4.86. The number of carboxylic acid groups (broad SMARTS) is 1. The largest absolute Gasteiger partial charge is 0.481 e. The molecule has 0 aromatic carbocycles. The summed E-state index contributed by atoms with van der Waals surface area (Å²) in [7, 11) is -16.4. The van der Waals surface area contributed by atoms with Gasteiger partial charge < -0.3 is 55.2 Å². The molecule has 0 saturated carbocycles. The molecule has 10 N–H and O–H groups in total. The van der Waals surface area contributed by atoms with Crippen molar-refractivity contribution in [1.82, 2.24) is 19.5 Å². The molecule has 49 heavy (non-hydrogen) atoms. The number of carboxylic acids is 1. The van der Waals surface area contributed by atoms with Crippen molar-refractivity contribution >= 4 is 62.3 Å². The zero-order valence-electron chi connectivity index (χ0n) is 24.1. The Bertz CT molecular complexity index is 1860. The lowest BCUT2D eigenvalue weighted by molar-refractivity contribution is -0.765. The summed E-state index contributed by atoms with van der Waals surface area (Å²) in [5.74, 6) is -1.38. The Morgan fingerprint density at radius 3 is 2.24 bits per heavy atom. The van der Waals surface area contributed by atoms with Crippen LogP contribution in [-0.2, 0) is 41.1 Å². The Hall–Kier alpha value is -2.38. The molecule has 2 aliphatic rings. The summed E-state index contributed by atoms with van der Waals surface area (Å²) in [6.07, 6.45) is -10.0. The molecule has 5 rings (SSSR count). The topological polar surface area (TPSA) is 359 Å². The molecular weight excluding hydrogens is 797 g/mol. The molecule has 0 amide bonds. The second-order valence-corrected chi connectivity index (χ2v) is 15.2. The van der Waals surface area contributed by atoms with Crippen LogP contribution in [0.15, 0.2) is 35.6 Å². The van der Waals surface area contributed by atoms with Gasteiger partial charge in [-0.05, 0) is 22.0 Å². The van der Waals surface area contributed by atoms with E-state index in [1.807, 2.05) is 0 Å². The second kappa shape index (κ2) is 14.3. The number of nitrogens with two attached hydrogens (primary N) is 1. The number of aliphatic hydroxyl groups excluding tert-OH is 3. The number of halogens is 1.